The van der Waals surface area contributed by atoms with E-state index in [9.17, 15) is 4.79 Å². The lowest BCUT2D eigenvalue weighted by molar-refractivity contribution is 0.0970. The molecule has 0 radical (unpaired) electrons. The fourth-order valence-electron chi connectivity index (χ4n) is 2.97. The fourth-order valence-corrected chi connectivity index (χ4v) is 2.97. The van der Waals surface area contributed by atoms with Gasteiger partial charge in [0, 0.05) is 29.9 Å². The Bertz CT molecular complexity index is 808. The van der Waals surface area contributed by atoms with E-state index in [0.29, 0.717) is 12.0 Å². The van der Waals surface area contributed by atoms with E-state index in [4.69, 9.17) is 0 Å². The van der Waals surface area contributed by atoms with E-state index in [2.05, 4.69) is 26.7 Å². The minimum absolute atomic E-state index is 0.0272. The first kappa shape index (κ1) is 12.0. The summed E-state index contributed by atoms with van der Waals surface area (Å²) in [6.07, 6.45) is 7.40. The molecule has 21 heavy (non-hydrogen) atoms. The highest BCUT2D eigenvalue weighted by molar-refractivity contribution is 5.96. The van der Waals surface area contributed by atoms with Crippen LogP contribution in [0.25, 0.3) is 11.3 Å². The summed E-state index contributed by atoms with van der Waals surface area (Å²) in [6, 6.07) is 11.8. The van der Waals surface area contributed by atoms with Crippen LogP contribution in [0.3, 0.4) is 0 Å². The number of nitrogens with zero attached hydrogens (tertiary/aromatic N) is 3. The molecule has 0 aliphatic carbocycles. The predicted octanol–water partition coefficient (Wildman–Crippen LogP) is 3.12. The van der Waals surface area contributed by atoms with Crippen LogP contribution in [0.4, 0.5) is 0 Å². The first-order valence-corrected chi connectivity index (χ1v) is 6.89. The van der Waals surface area contributed by atoms with Crippen LogP contribution in [0.5, 0.6) is 0 Å². The maximum absolute atomic E-state index is 12.5. The summed E-state index contributed by atoms with van der Waals surface area (Å²) in [5.41, 5.74) is 4.15. The van der Waals surface area contributed by atoms with E-state index in [0.717, 1.165) is 5.69 Å². The molecule has 0 fully saturated rings. The molecule has 1 aromatic carbocycles. The molecule has 1 aliphatic rings. The standard InChI is InChI=1S/C17H13N3O/c21-17(12-5-7-18-8-6-12)9-15-13-3-1-2-4-14(13)16-10-19-11-20(15)16/h1-8,10-11,15H,9H2. The summed E-state index contributed by atoms with van der Waals surface area (Å²) < 4.78 is 2.09. The molecule has 0 saturated heterocycles. The molecule has 4 heteroatoms. The van der Waals surface area contributed by atoms with Crippen LogP contribution in [0.15, 0.2) is 61.3 Å². The Balaban J connectivity index is 1.72. The van der Waals surface area contributed by atoms with Crippen molar-refractivity contribution >= 4 is 5.78 Å². The third kappa shape index (κ3) is 1.88. The van der Waals surface area contributed by atoms with Crippen LogP contribution in [-0.2, 0) is 0 Å². The summed E-state index contributed by atoms with van der Waals surface area (Å²) in [5, 5.41) is 0. The van der Waals surface area contributed by atoms with Crippen molar-refractivity contribution in [1.82, 2.24) is 14.5 Å². The van der Waals surface area contributed by atoms with Crippen molar-refractivity contribution in [3.05, 3.63) is 72.4 Å². The van der Waals surface area contributed by atoms with E-state index >= 15 is 0 Å². The molecule has 1 atom stereocenters. The molecule has 1 aliphatic heterocycles. The molecule has 4 rings (SSSR count). The molecule has 4 nitrogen and oxygen atoms in total. The largest absolute Gasteiger partial charge is 0.322 e. The minimum Gasteiger partial charge on any atom is -0.322 e. The van der Waals surface area contributed by atoms with E-state index in [1.165, 1.54) is 11.1 Å². The maximum Gasteiger partial charge on any atom is 0.165 e. The number of fused-ring (bicyclic) bond motifs is 3. The lowest BCUT2D eigenvalue weighted by Crippen LogP contribution is -2.11. The number of Topliss-reactive ketones (excluding diaryl/α,β-unsaturated/α-hetero) is 1. The van der Waals surface area contributed by atoms with Gasteiger partial charge in [0.15, 0.2) is 5.78 Å². The van der Waals surface area contributed by atoms with Gasteiger partial charge in [0.05, 0.1) is 24.3 Å². The molecule has 2 aromatic heterocycles. The Labute approximate surface area is 122 Å². The van der Waals surface area contributed by atoms with Gasteiger partial charge in [0.2, 0.25) is 0 Å². The van der Waals surface area contributed by atoms with Crippen molar-refractivity contribution in [2.24, 2.45) is 0 Å². The highest BCUT2D eigenvalue weighted by Gasteiger charge is 2.29. The smallest absolute Gasteiger partial charge is 0.165 e. The van der Waals surface area contributed by atoms with Crippen molar-refractivity contribution in [2.45, 2.75) is 12.5 Å². The third-order valence-electron chi connectivity index (χ3n) is 3.98. The number of benzene rings is 1. The van der Waals surface area contributed by atoms with E-state index in [1.54, 1.807) is 30.9 Å². The molecule has 3 heterocycles. The highest BCUT2D eigenvalue weighted by atomic mass is 16.1. The molecule has 3 aromatic rings. The number of hydrogen-bond acceptors (Lipinski definition) is 3. The predicted molar refractivity (Wildman–Crippen MR) is 79.0 cm³/mol. The first-order chi connectivity index (χ1) is 10.3. The molecule has 0 bridgehead atoms. The van der Waals surface area contributed by atoms with E-state index in [1.807, 2.05) is 18.3 Å². The minimum atomic E-state index is 0.0272. The van der Waals surface area contributed by atoms with Crippen molar-refractivity contribution in [1.29, 1.82) is 0 Å². The second-order valence-electron chi connectivity index (χ2n) is 5.15. The Kier molecular flexibility index (Phi) is 2.67. The lowest BCUT2D eigenvalue weighted by Gasteiger charge is -2.13. The lowest BCUT2D eigenvalue weighted by atomic mass is 9.97. The topological polar surface area (TPSA) is 47.8 Å². The summed E-state index contributed by atoms with van der Waals surface area (Å²) in [6.45, 7) is 0. The molecule has 0 spiro atoms. The van der Waals surface area contributed by atoms with E-state index < -0.39 is 0 Å². The maximum atomic E-state index is 12.5. The SMILES string of the molecule is O=C(CC1c2ccccc2-c2cncn21)c1ccncc1. The van der Waals surface area contributed by atoms with Crippen LogP contribution in [-0.4, -0.2) is 20.3 Å². The number of aromatic nitrogens is 3. The van der Waals surface area contributed by atoms with Crippen molar-refractivity contribution < 1.29 is 4.79 Å². The second kappa shape index (κ2) is 4.66. The Morgan fingerprint density at radius 3 is 2.76 bits per heavy atom. The van der Waals surface area contributed by atoms with Gasteiger partial charge in [-0.2, -0.15) is 0 Å². The van der Waals surface area contributed by atoms with Crippen molar-refractivity contribution in [3.8, 4) is 11.3 Å². The van der Waals surface area contributed by atoms with Gasteiger partial charge in [-0.25, -0.2) is 4.98 Å². The summed E-state index contributed by atoms with van der Waals surface area (Å²) in [4.78, 5) is 20.7. The number of ketones is 1. The molecule has 0 saturated carbocycles. The normalized spacial score (nSPS) is 15.5. The van der Waals surface area contributed by atoms with E-state index in [-0.39, 0.29) is 11.8 Å². The Morgan fingerprint density at radius 2 is 1.90 bits per heavy atom. The van der Waals surface area contributed by atoms with Gasteiger partial charge in [-0.3, -0.25) is 9.78 Å². The number of hydrogen-bond donors (Lipinski definition) is 0. The Morgan fingerprint density at radius 1 is 1.10 bits per heavy atom. The van der Waals surface area contributed by atoms with Crippen molar-refractivity contribution in [3.63, 3.8) is 0 Å². The van der Waals surface area contributed by atoms with Crippen LogP contribution < -0.4 is 0 Å². The van der Waals surface area contributed by atoms with Gasteiger partial charge >= 0.3 is 0 Å². The number of carbonyl (C=O) groups excluding carboxylic acids is 1. The van der Waals surface area contributed by atoms with Crippen LogP contribution in [0.2, 0.25) is 0 Å². The first-order valence-electron chi connectivity index (χ1n) is 6.89. The number of imidazole rings is 1. The van der Waals surface area contributed by atoms with Gasteiger partial charge in [-0.15, -0.1) is 0 Å². The number of rotatable bonds is 3. The van der Waals surface area contributed by atoms with Crippen LogP contribution in [0, 0.1) is 0 Å². The van der Waals surface area contributed by atoms with Gasteiger partial charge in [0.25, 0.3) is 0 Å². The van der Waals surface area contributed by atoms with Gasteiger partial charge in [0.1, 0.15) is 0 Å². The quantitative estimate of drug-likeness (QED) is 0.690. The van der Waals surface area contributed by atoms with Gasteiger partial charge < -0.3 is 4.57 Å². The molecule has 102 valence electrons. The molecule has 1 unspecified atom stereocenters. The average Bonchev–Trinajstić information content (AvgIpc) is 3.11. The monoisotopic (exact) mass is 275 g/mol. The second-order valence-corrected chi connectivity index (χ2v) is 5.15. The van der Waals surface area contributed by atoms with Gasteiger partial charge in [-0.1, -0.05) is 24.3 Å². The van der Waals surface area contributed by atoms with Crippen LogP contribution in [0.1, 0.15) is 28.4 Å². The molecule has 0 N–H and O–H groups in total. The zero-order valence-electron chi connectivity index (χ0n) is 11.3. The zero-order chi connectivity index (χ0) is 14.2. The molecular formula is C17H13N3O. The zero-order valence-corrected chi connectivity index (χ0v) is 11.3. The van der Waals surface area contributed by atoms with Gasteiger partial charge in [-0.05, 0) is 17.7 Å². The summed E-state index contributed by atoms with van der Waals surface area (Å²) >= 11 is 0. The summed E-state index contributed by atoms with van der Waals surface area (Å²) in [5.74, 6) is 0.124. The highest BCUT2D eigenvalue weighted by Crippen LogP contribution is 2.40. The molecular weight excluding hydrogens is 262 g/mol. The Hall–Kier alpha value is -2.75. The third-order valence-corrected chi connectivity index (χ3v) is 3.98. The average molecular weight is 275 g/mol. The number of pyridine rings is 1. The number of carbonyl (C=O) groups is 1. The summed E-state index contributed by atoms with van der Waals surface area (Å²) in [7, 11) is 0. The van der Waals surface area contributed by atoms with Crippen molar-refractivity contribution in [2.75, 3.05) is 0 Å². The van der Waals surface area contributed by atoms with Crippen LogP contribution >= 0.6 is 0 Å². The molecule has 0 amide bonds. The fraction of sp³-hybridized carbons (Fsp3) is 0.118.